The summed E-state index contributed by atoms with van der Waals surface area (Å²) in [6, 6.07) is 6.65. The Morgan fingerprint density at radius 1 is 1.19 bits per heavy atom. The number of nitrogens with zero attached hydrogens (tertiary/aromatic N) is 5. The van der Waals surface area contributed by atoms with Gasteiger partial charge in [0.15, 0.2) is 0 Å². The maximum atomic E-state index is 12.3. The molecule has 0 aliphatic carbocycles. The first-order chi connectivity index (χ1) is 12.5. The lowest BCUT2D eigenvalue weighted by molar-refractivity contribution is -0.384. The molecule has 0 radical (unpaired) electrons. The van der Waals surface area contributed by atoms with Crippen LogP contribution in [0, 0.1) is 28.9 Å². The van der Waals surface area contributed by atoms with Crippen molar-refractivity contribution in [2.45, 2.75) is 6.92 Å². The second-order valence-corrected chi connectivity index (χ2v) is 5.85. The number of hydrogen-bond acceptors (Lipinski definition) is 6. The molecule has 2 aromatic rings. The molecule has 0 atom stereocenters. The summed E-state index contributed by atoms with van der Waals surface area (Å²) in [5, 5.41) is 11.1. The molecule has 26 heavy (non-hydrogen) atoms. The summed E-state index contributed by atoms with van der Waals surface area (Å²) in [4.78, 5) is 34.6. The van der Waals surface area contributed by atoms with Crippen molar-refractivity contribution >= 4 is 17.4 Å². The van der Waals surface area contributed by atoms with Gasteiger partial charge in [-0.1, -0.05) is 0 Å². The number of aryl methyl sites for hydroxylation is 1. The van der Waals surface area contributed by atoms with Gasteiger partial charge in [0.2, 0.25) is 5.82 Å². The van der Waals surface area contributed by atoms with Crippen LogP contribution < -0.4 is 4.90 Å². The van der Waals surface area contributed by atoms with Crippen LogP contribution in [0.4, 0.5) is 11.5 Å². The predicted molar refractivity (Wildman–Crippen MR) is 95.5 cm³/mol. The van der Waals surface area contributed by atoms with Crippen molar-refractivity contribution in [3.8, 4) is 11.8 Å². The Labute approximate surface area is 150 Å². The monoisotopic (exact) mass is 351 g/mol. The van der Waals surface area contributed by atoms with E-state index in [0.717, 1.165) is 5.56 Å². The van der Waals surface area contributed by atoms with E-state index in [1.165, 1.54) is 18.3 Å². The normalized spacial score (nSPS) is 13.7. The second-order valence-electron chi connectivity index (χ2n) is 5.85. The first-order valence-electron chi connectivity index (χ1n) is 8.12. The molecule has 0 saturated carbocycles. The highest BCUT2D eigenvalue weighted by Crippen LogP contribution is 2.25. The number of nitro groups is 1. The number of aromatic nitrogens is 2. The van der Waals surface area contributed by atoms with E-state index in [4.69, 9.17) is 0 Å². The first kappa shape index (κ1) is 17.4. The van der Waals surface area contributed by atoms with Gasteiger partial charge in [-0.25, -0.2) is 9.97 Å². The summed E-state index contributed by atoms with van der Waals surface area (Å²) in [6.07, 6.45) is 3.18. The van der Waals surface area contributed by atoms with E-state index in [1.807, 2.05) is 24.0 Å². The highest BCUT2D eigenvalue weighted by Gasteiger charge is 2.26. The molecular formula is C18H17N5O3. The van der Waals surface area contributed by atoms with Gasteiger partial charge in [-0.3, -0.25) is 14.9 Å². The number of amides is 1. The van der Waals surface area contributed by atoms with Crippen LogP contribution in [0.2, 0.25) is 0 Å². The van der Waals surface area contributed by atoms with Crippen molar-refractivity contribution < 1.29 is 9.72 Å². The van der Waals surface area contributed by atoms with E-state index >= 15 is 0 Å². The Kier molecular flexibility index (Phi) is 5.08. The fourth-order valence-electron chi connectivity index (χ4n) is 2.70. The lowest BCUT2D eigenvalue weighted by atomic mass is 10.2. The molecule has 3 heterocycles. The smallest absolute Gasteiger partial charge is 0.311 e. The zero-order chi connectivity index (χ0) is 18.5. The van der Waals surface area contributed by atoms with Crippen molar-refractivity contribution in [3.05, 3.63) is 58.0 Å². The van der Waals surface area contributed by atoms with Crippen molar-refractivity contribution in [1.82, 2.24) is 14.9 Å². The van der Waals surface area contributed by atoms with Crippen LogP contribution in [0.25, 0.3) is 0 Å². The number of carbonyl (C=O) groups is 1. The SMILES string of the molecule is Cc1ccnc(C#CC(=O)N2CCN(c3ncccc3[N+](=O)[O-])CC2)c1. The van der Waals surface area contributed by atoms with Crippen LogP contribution in [0.3, 0.4) is 0 Å². The van der Waals surface area contributed by atoms with Crippen LogP contribution >= 0.6 is 0 Å². The minimum atomic E-state index is -0.444. The van der Waals surface area contributed by atoms with Gasteiger partial charge in [0.05, 0.1) is 4.92 Å². The third-order valence-electron chi connectivity index (χ3n) is 4.04. The highest BCUT2D eigenvalue weighted by atomic mass is 16.6. The quantitative estimate of drug-likeness (QED) is 0.461. The van der Waals surface area contributed by atoms with Gasteiger partial charge in [0, 0.05) is 50.6 Å². The van der Waals surface area contributed by atoms with Crippen LogP contribution in [0.1, 0.15) is 11.3 Å². The number of anilines is 1. The maximum absolute atomic E-state index is 12.3. The maximum Gasteiger partial charge on any atom is 0.311 e. The summed E-state index contributed by atoms with van der Waals surface area (Å²) in [5.41, 5.74) is 1.56. The van der Waals surface area contributed by atoms with E-state index in [9.17, 15) is 14.9 Å². The molecule has 2 aromatic heterocycles. The molecule has 0 spiro atoms. The Bertz CT molecular complexity index is 895. The van der Waals surface area contributed by atoms with E-state index < -0.39 is 4.92 Å². The zero-order valence-electron chi connectivity index (χ0n) is 14.3. The van der Waals surface area contributed by atoms with Crippen LogP contribution in [0.15, 0.2) is 36.7 Å². The number of hydrogen-bond donors (Lipinski definition) is 0. The molecule has 1 aliphatic rings. The second kappa shape index (κ2) is 7.61. The van der Waals surface area contributed by atoms with Crippen molar-refractivity contribution in [2.24, 2.45) is 0 Å². The van der Waals surface area contributed by atoms with Gasteiger partial charge in [-0.05, 0) is 36.6 Å². The molecule has 0 N–H and O–H groups in total. The van der Waals surface area contributed by atoms with Gasteiger partial charge in [-0.2, -0.15) is 0 Å². The molecule has 1 fully saturated rings. The first-order valence-corrected chi connectivity index (χ1v) is 8.12. The van der Waals surface area contributed by atoms with Gasteiger partial charge < -0.3 is 9.80 Å². The largest absolute Gasteiger partial charge is 0.347 e. The Balaban J connectivity index is 1.64. The molecule has 3 rings (SSSR count). The molecule has 8 heteroatoms. The van der Waals surface area contributed by atoms with E-state index in [0.29, 0.717) is 37.7 Å². The minimum absolute atomic E-state index is 0.0300. The molecule has 0 bridgehead atoms. The van der Waals surface area contributed by atoms with Crippen LogP contribution in [-0.4, -0.2) is 51.9 Å². The van der Waals surface area contributed by atoms with E-state index in [1.54, 1.807) is 11.1 Å². The summed E-state index contributed by atoms with van der Waals surface area (Å²) in [5.74, 6) is 5.45. The number of rotatable bonds is 2. The summed E-state index contributed by atoms with van der Waals surface area (Å²) >= 11 is 0. The summed E-state index contributed by atoms with van der Waals surface area (Å²) in [7, 11) is 0. The van der Waals surface area contributed by atoms with Gasteiger partial charge in [0.1, 0.15) is 5.69 Å². The number of carbonyl (C=O) groups excluding carboxylic acids is 1. The summed E-state index contributed by atoms with van der Waals surface area (Å²) in [6.45, 7) is 3.73. The molecule has 8 nitrogen and oxygen atoms in total. The standard InChI is InChI=1S/C18H17N5O3/c1-14-6-8-19-15(13-14)4-5-17(24)21-9-11-22(12-10-21)18-16(23(25)26)3-2-7-20-18/h2-3,6-8,13H,9-12H2,1H3. The molecule has 0 unspecified atom stereocenters. The Morgan fingerprint density at radius 2 is 1.96 bits per heavy atom. The fraction of sp³-hybridized carbons (Fsp3) is 0.278. The third-order valence-corrected chi connectivity index (χ3v) is 4.04. The topological polar surface area (TPSA) is 92.5 Å². The van der Waals surface area contributed by atoms with Crippen LogP contribution in [-0.2, 0) is 4.79 Å². The van der Waals surface area contributed by atoms with Gasteiger partial charge in [-0.15, -0.1) is 0 Å². The lowest BCUT2D eigenvalue weighted by Gasteiger charge is -2.34. The predicted octanol–water partition coefficient (Wildman–Crippen LogP) is 1.39. The molecule has 1 saturated heterocycles. The molecular weight excluding hydrogens is 334 g/mol. The van der Waals surface area contributed by atoms with Crippen LogP contribution in [0.5, 0.6) is 0 Å². The molecule has 0 aromatic carbocycles. The number of piperazine rings is 1. The van der Waals surface area contributed by atoms with E-state index in [2.05, 4.69) is 21.8 Å². The van der Waals surface area contributed by atoms with Gasteiger partial charge in [0.25, 0.3) is 5.91 Å². The van der Waals surface area contributed by atoms with Gasteiger partial charge >= 0.3 is 5.69 Å². The summed E-state index contributed by atoms with van der Waals surface area (Å²) < 4.78 is 0. The highest BCUT2D eigenvalue weighted by molar-refractivity contribution is 5.94. The lowest BCUT2D eigenvalue weighted by Crippen LogP contribution is -2.48. The Morgan fingerprint density at radius 3 is 2.65 bits per heavy atom. The third kappa shape index (κ3) is 3.95. The van der Waals surface area contributed by atoms with Crippen molar-refractivity contribution in [3.63, 3.8) is 0 Å². The molecule has 132 valence electrons. The van der Waals surface area contributed by atoms with Crippen molar-refractivity contribution in [1.29, 1.82) is 0 Å². The van der Waals surface area contributed by atoms with E-state index in [-0.39, 0.29) is 11.6 Å². The molecule has 1 amide bonds. The number of pyridine rings is 2. The zero-order valence-corrected chi connectivity index (χ0v) is 14.3. The average Bonchev–Trinajstić information content (AvgIpc) is 2.66. The minimum Gasteiger partial charge on any atom is -0.347 e. The average molecular weight is 351 g/mol. The fourth-order valence-corrected chi connectivity index (χ4v) is 2.70. The van der Waals surface area contributed by atoms with Crippen molar-refractivity contribution in [2.75, 3.05) is 31.1 Å². The Hall–Kier alpha value is -3.47. The molecule has 1 aliphatic heterocycles.